The van der Waals surface area contributed by atoms with Gasteiger partial charge in [-0.1, -0.05) is 24.3 Å². The van der Waals surface area contributed by atoms with Gasteiger partial charge in [0.1, 0.15) is 0 Å². The monoisotopic (exact) mass is 163 g/mol. The van der Waals surface area contributed by atoms with Crippen molar-refractivity contribution in [1.82, 2.24) is 4.90 Å². The van der Waals surface area contributed by atoms with Crippen LogP contribution < -0.4 is 0 Å². The Morgan fingerprint density at radius 2 is 2.25 bits per heavy atom. The van der Waals surface area contributed by atoms with E-state index in [1.807, 2.05) is 19.2 Å². The van der Waals surface area contributed by atoms with Gasteiger partial charge >= 0.3 is 0 Å². The predicted molar refractivity (Wildman–Crippen MR) is 47.7 cm³/mol. The SMILES string of the molecule is CN1Cc2ccccc2C1CO. The summed E-state index contributed by atoms with van der Waals surface area (Å²) in [6.07, 6.45) is 0. The van der Waals surface area contributed by atoms with Crippen LogP contribution in [0.2, 0.25) is 0 Å². The molecule has 0 amide bonds. The minimum atomic E-state index is 0.209. The topological polar surface area (TPSA) is 23.5 Å². The Balaban J connectivity index is 2.40. The number of benzene rings is 1. The fourth-order valence-corrected chi connectivity index (χ4v) is 1.86. The van der Waals surface area contributed by atoms with Gasteiger partial charge < -0.3 is 5.11 Å². The molecule has 0 saturated heterocycles. The molecular formula is C10H13NO. The van der Waals surface area contributed by atoms with E-state index in [0.29, 0.717) is 0 Å². The molecule has 0 aromatic heterocycles. The number of nitrogens with zero attached hydrogens (tertiary/aromatic N) is 1. The molecule has 0 radical (unpaired) electrons. The second-order valence-electron chi connectivity index (χ2n) is 3.31. The summed E-state index contributed by atoms with van der Waals surface area (Å²) in [4.78, 5) is 2.17. The first-order chi connectivity index (χ1) is 5.83. The van der Waals surface area contributed by atoms with Crippen LogP contribution in [0.15, 0.2) is 24.3 Å². The molecule has 2 nitrogen and oxygen atoms in total. The van der Waals surface area contributed by atoms with E-state index in [-0.39, 0.29) is 12.6 Å². The fraction of sp³-hybridized carbons (Fsp3) is 0.400. The molecule has 2 rings (SSSR count). The highest BCUT2D eigenvalue weighted by Gasteiger charge is 2.25. The van der Waals surface area contributed by atoms with Crippen LogP contribution in [0, 0.1) is 0 Å². The van der Waals surface area contributed by atoms with Crippen LogP contribution in [0.25, 0.3) is 0 Å². The molecule has 1 aliphatic rings. The lowest BCUT2D eigenvalue weighted by Crippen LogP contribution is -2.19. The summed E-state index contributed by atoms with van der Waals surface area (Å²) in [5.41, 5.74) is 2.63. The largest absolute Gasteiger partial charge is 0.394 e. The lowest BCUT2D eigenvalue weighted by atomic mass is 10.1. The molecule has 12 heavy (non-hydrogen) atoms. The summed E-state index contributed by atoms with van der Waals surface area (Å²) in [6.45, 7) is 1.18. The Morgan fingerprint density at radius 3 is 3.00 bits per heavy atom. The zero-order chi connectivity index (χ0) is 8.55. The molecule has 0 spiro atoms. The average molecular weight is 163 g/mol. The highest BCUT2D eigenvalue weighted by molar-refractivity contribution is 5.33. The van der Waals surface area contributed by atoms with E-state index in [1.165, 1.54) is 11.1 Å². The van der Waals surface area contributed by atoms with Gasteiger partial charge in [-0.2, -0.15) is 0 Å². The van der Waals surface area contributed by atoms with Crippen molar-refractivity contribution in [2.24, 2.45) is 0 Å². The normalized spacial score (nSPS) is 22.7. The second kappa shape index (κ2) is 2.88. The Bertz CT molecular complexity index is 285. The van der Waals surface area contributed by atoms with Gasteiger partial charge in [-0.3, -0.25) is 4.90 Å². The summed E-state index contributed by atoms with van der Waals surface area (Å²) in [5.74, 6) is 0. The maximum atomic E-state index is 9.14. The van der Waals surface area contributed by atoms with Crippen LogP contribution in [-0.2, 0) is 6.54 Å². The molecule has 1 aromatic carbocycles. The zero-order valence-electron chi connectivity index (χ0n) is 7.20. The van der Waals surface area contributed by atoms with Crippen molar-refractivity contribution in [3.8, 4) is 0 Å². The van der Waals surface area contributed by atoms with E-state index in [1.54, 1.807) is 0 Å². The number of aliphatic hydroxyl groups is 1. The number of hydrogen-bond acceptors (Lipinski definition) is 2. The van der Waals surface area contributed by atoms with Crippen molar-refractivity contribution in [2.75, 3.05) is 13.7 Å². The number of hydrogen-bond donors (Lipinski definition) is 1. The van der Waals surface area contributed by atoms with Crippen molar-refractivity contribution in [3.05, 3.63) is 35.4 Å². The number of aliphatic hydroxyl groups excluding tert-OH is 1. The quantitative estimate of drug-likeness (QED) is 0.671. The Kier molecular flexibility index (Phi) is 1.87. The third kappa shape index (κ3) is 1.04. The van der Waals surface area contributed by atoms with E-state index >= 15 is 0 Å². The molecule has 1 heterocycles. The van der Waals surface area contributed by atoms with Gasteiger partial charge in [-0.15, -0.1) is 0 Å². The lowest BCUT2D eigenvalue weighted by Gasteiger charge is -2.16. The smallest absolute Gasteiger partial charge is 0.0628 e. The van der Waals surface area contributed by atoms with Gasteiger partial charge in [0.15, 0.2) is 0 Å². The summed E-state index contributed by atoms with van der Waals surface area (Å²) < 4.78 is 0. The first-order valence-electron chi connectivity index (χ1n) is 4.22. The predicted octanol–water partition coefficient (Wildman–Crippen LogP) is 1.17. The van der Waals surface area contributed by atoms with Gasteiger partial charge in [-0.25, -0.2) is 0 Å². The van der Waals surface area contributed by atoms with Crippen molar-refractivity contribution in [1.29, 1.82) is 0 Å². The standard InChI is InChI=1S/C10H13NO/c1-11-6-8-4-2-3-5-9(8)10(11)7-12/h2-5,10,12H,6-7H2,1H3. The van der Waals surface area contributed by atoms with Crippen LogP contribution in [0.5, 0.6) is 0 Å². The third-order valence-corrected chi connectivity index (χ3v) is 2.54. The molecule has 0 saturated carbocycles. The molecule has 0 bridgehead atoms. The molecule has 0 aliphatic carbocycles. The Morgan fingerprint density at radius 1 is 1.50 bits per heavy atom. The van der Waals surface area contributed by atoms with Gasteiger partial charge in [0.05, 0.1) is 12.6 Å². The molecule has 1 unspecified atom stereocenters. The van der Waals surface area contributed by atoms with E-state index in [0.717, 1.165) is 6.54 Å². The number of fused-ring (bicyclic) bond motifs is 1. The minimum Gasteiger partial charge on any atom is -0.394 e. The molecule has 0 fully saturated rings. The van der Waals surface area contributed by atoms with Crippen LogP contribution in [-0.4, -0.2) is 23.7 Å². The van der Waals surface area contributed by atoms with Gasteiger partial charge in [-0.05, 0) is 18.2 Å². The lowest BCUT2D eigenvalue weighted by molar-refractivity contribution is 0.161. The molecule has 64 valence electrons. The van der Waals surface area contributed by atoms with Crippen molar-refractivity contribution in [2.45, 2.75) is 12.6 Å². The van der Waals surface area contributed by atoms with Crippen LogP contribution >= 0.6 is 0 Å². The average Bonchev–Trinajstić information content (AvgIpc) is 2.40. The first-order valence-corrected chi connectivity index (χ1v) is 4.22. The third-order valence-electron chi connectivity index (χ3n) is 2.54. The molecule has 1 aromatic rings. The highest BCUT2D eigenvalue weighted by atomic mass is 16.3. The van der Waals surface area contributed by atoms with E-state index in [4.69, 9.17) is 5.11 Å². The number of likely N-dealkylation sites (N-methyl/N-ethyl adjacent to an activating group) is 1. The van der Waals surface area contributed by atoms with E-state index in [2.05, 4.69) is 17.0 Å². The minimum absolute atomic E-state index is 0.209. The van der Waals surface area contributed by atoms with Crippen molar-refractivity contribution >= 4 is 0 Å². The summed E-state index contributed by atoms with van der Waals surface area (Å²) in [7, 11) is 2.04. The number of rotatable bonds is 1. The molecular weight excluding hydrogens is 150 g/mol. The van der Waals surface area contributed by atoms with Gasteiger partial charge in [0, 0.05) is 6.54 Å². The van der Waals surface area contributed by atoms with E-state index in [9.17, 15) is 0 Å². The Labute approximate surface area is 72.4 Å². The first kappa shape index (κ1) is 7.77. The molecule has 1 atom stereocenters. The van der Waals surface area contributed by atoms with Crippen LogP contribution in [0.3, 0.4) is 0 Å². The highest BCUT2D eigenvalue weighted by Crippen LogP contribution is 2.31. The summed E-state index contributed by atoms with van der Waals surface area (Å²) >= 11 is 0. The van der Waals surface area contributed by atoms with E-state index < -0.39 is 0 Å². The van der Waals surface area contributed by atoms with Gasteiger partial charge in [0.25, 0.3) is 0 Å². The van der Waals surface area contributed by atoms with Crippen LogP contribution in [0.1, 0.15) is 17.2 Å². The zero-order valence-corrected chi connectivity index (χ0v) is 7.20. The Hall–Kier alpha value is -0.860. The maximum absolute atomic E-state index is 9.14. The van der Waals surface area contributed by atoms with Gasteiger partial charge in [0.2, 0.25) is 0 Å². The fourth-order valence-electron chi connectivity index (χ4n) is 1.86. The molecule has 1 N–H and O–H groups in total. The van der Waals surface area contributed by atoms with Crippen molar-refractivity contribution < 1.29 is 5.11 Å². The van der Waals surface area contributed by atoms with Crippen LogP contribution in [0.4, 0.5) is 0 Å². The summed E-state index contributed by atoms with van der Waals surface area (Å²) in [6, 6.07) is 8.51. The maximum Gasteiger partial charge on any atom is 0.0628 e. The second-order valence-corrected chi connectivity index (χ2v) is 3.31. The summed E-state index contributed by atoms with van der Waals surface area (Å²) in [5, 5.41) is 9.14. The van der Waals surface area contributed by atoms with Crippen molar-refractivity contribution in [3.63, 3.8) is 0 Å². The molecule has 1 aliphatic heterocycles. The molecule has 2 heteroatoms.